The van der Waals surface area contributed by atoms with E-state index in [1.54, 1.807) is 38.5 Å². The molecule has 6 heteroatoms. The van der Waals surface area contributed by atoms with Crippen molar-refractivity contribution in [1.29, 1.82) is 0 Å². The summed E-state index contributed by atoms with van der Waals surface area (Å²) in [5.41, 5.74) is 7.96. The van der Waals surface area contributed by atoms with E-state index in [4.69, 9.17) is 38.4 Å². The van der Waals surface area contributed by atoms with Gasteiger partial charge < -0.3 is 15.2 Å². The van der Waals surface area contributed by atoms with Gasteiger partial charge in [0.2, 0.25) is 0 Å². The first kappa shape index (κ1) is 16.4. The maximum Gasteiger partial charge on any atom is 0.162 e. The van der Waals surface area contributed by atoms with E-state index in [9.17, 15) is 0 Å². The summed E-state index contributed by atoms with van der Waals surface area (Å²) in [4.78, 5) is 0. The summed E-state index contributed by atoms with van der Waals surface area (Å²) >= 11 is 15.7. The Bertz CT molecular complexity index is 664. The Labute approximate surface area is 142 Å². The lowest BCUT2D eigenvalue weighted by atomic mass is 9.99. The van der Waals surface area contributed by atoms with E-state index in [0.29, 0.717) is 21.5 Å². The molecule has 0 saturated carbocycles. The number of benzene rings is 2. The van der Waals surface area contributed by atoms with E-state index in [1.807, 2.05) is 6.07 Å². The molecule has 112 valence electrons. The molecule has 0 aliphatic heterocycles. The quantitative estimate of drug-likeness (QED) is 0.813. The van der Waals surface area contributed by atoms with Gasteiger partial charge in [0.25, 0.3) is 0 Å². The van der Waals surface area contributed by atoms with Crippen LogP contribution in [-0.2, 0) is 0 Å². The highest BCUT2D eigenvalue weighted by molar-refractivity contribution is 9.10. The second-order valence-electron chi connectivity index (χ2n) is 4.37. The largest absolute Gasteiger partial charge is 0.493 e. The third-order valence-corrected chi connectivity index (χ3v) is 4.38. The summed E-state index contributed by atoms with van der Waals surface area (Å²) in [6, 6.07) is 8.52. The summed E-state index contributed by atoms with van der Waals surface area (Å²) in [6.45, 7) is 0. The van der Waals surface area contributed by atoms with Crippen molar-refractivity contribution >= 4 is 39.1 Å². The van der Waals surface area contributed by atoms with E-state index in [1.165, 1.54) is 0 Å². The van der Waals surface area contributed by atoms with Crippen molar-refractivity contribution in [3.63, 3.8) is 0 Å². The number of ether oxygens (including phenoxy) is 2. The molecule has 1 atom stereocenters. The van der Waals surface area contributed by atoms with Gasteiger partial charge in [-0.3, -0.25) is 0 Å². The van der Waals surface area contributed by atoms with E-state index in [0.717, 1.165) is 15.6 Å². The molecule has 0 saturated heterocycles. The van der Waals surface area contributed by atoms with Gasteiger partial charge in [0.1, 0.15) is 0 Å². The third-order valence-electron chi connectivity index (χ3n) is 3.14. The number of nitrogens with two attached hydrogens (primary N) is 1. The average molecular weight is 391 g/mol. The predicted octanol–water partition coefficient (Wildman–Crippen LogP) is 4.82. The highest BCUT2D eigenvalue weighted by atomic mass is 79.9. The molecule has 0 fully saturated rings. The SMILES string of the molecule is COc1cc(Cl)c(C(N)c2ccc(Cl)cc2Br)cc1OC. The van der Waals surface area contributed by atoms with Crippen LogP contribution < -0.4 is 15.2 Å². The van der Waals surface area contributed by atoms with E-state index in [-0.39, 0.29) is 0 Å². The molecule has 0 aliphatic rings. The van der Waals surface area contributed by atoms with E-state index >= 15 is 0 Å². The zero-order chi connectivity index (χ0) is 15.6. The maximum atomic E-state index is 6.33. The second-order valence-corrected chi connectivity index (χ2v) is 6.07. The van der Waals surface area contributed by atoms with Crippen LogP contribution in [0.1, 0.15) is 17.2 Å². The fraction of sp³-hybridized carbons (Fsp3) is 0.200. The number of hydrogen-bond donors (Lipinski definition) is 1. The standard InChI is InChI=1S/C15H14BrCl2NO2/c1-20-13-6-10(12(18)7-14(13)21-2)15(19)9-4-3-8(17)5-11(9)16/h3-7,15H,19H2,1-2H3. The Morgan fingerprint density at radius 3 is 2.19 bits per heavy atom. The molecule has 0 heterocycles. The second kappa shape index (κ2) is 6.88. The molecule has 0 aliphatic carbocycles. The first-order chi connectivity index (χ1) is 9.97. The van der Waals surface area contributed by atoms with Gasteiger partial charge in [-0.1, -0.05) is 45.2 Å². The monoisotopic (exact) mass is 389 g/mol. The molecular weight excluding hydrogens is 377 g/mol. The van der Waals surface area contributed by atoms with E-state index in [2.05, 4.69) is 15.9 Å². The summed E-state index contributed by atoms with van der Waals surface area (Å²) in [7, 11) is 3.13. The van der Waals surface area contributed by atoms with Gasteiger partial charge in [-0.2, -0.15) is 0 Å². The first-order valence-corrected chi connectivity index (χ1v) is 7.64. The van der Waals surface area contributed by atoms with Crippen molar-refractivity contribution in [2.24, 2.45) is 5.73 Å². The molecule has 1 unspecified atom stereocenters. The first-order valence-electron chi connectivity index (χ1n) is 6.10. The summed E-state index contributed by atoms with van der Waals surface area (Å²) in [5, 5.41) is 1.15. The molecule has 2 aromatic carbocycles. The third kappa shape index (κ3) is 3.46. The van der Waals surface area contributed by atoms with Crippen LogP contribution in [0.15, 0.2) is 34.8 Å². The average Bonchev–Trinajstić information content (AvgIpc) is 2.46. The van der Waals surface area contributed by atoms with Crippen molar-refractivity contribution in [1.82, 2.24) is 0 Å². The highest BCUT2D eigenvalue weighted by Crippen LogP contribution is 2.38. The molecule has 2 N–H and O–H groups in total. The fourth-order valence-corrected chi connectivity index (χ4v) is 3.23. The zero-order valence-electron chi connectivity index (χ0n) is 11.5. The summed E-state index contributed by atoms with van der Waals surface area (Å²) in [5.74, 6) is 1.14. The number of rotatable bonds is 4. The molecule has 3 nitrogen and oxygen atoms in total. The molecule has 0 aromatic heterocycles. The van der Waals surface area contributed by atoms with Crippen molar-refractivity contribution < 1.29 is 9.47 Å². The van der Waals surface area contributed by atoms with Crippen molar-refractivity contribution in [2.75, 3.05) is 14.2 Å². The Morgan fingerprint density at radius 2 is 1.62 bits per heavy atom. The van der Waals surface area contributed by atoms with Gasteiger partial charge >= 0.3 is 0 Å². The van der Waals surface area contributed by atoms with Gasteiger partial charge in [0, 0.05) is 20.6 Å². The van der Waals surface area contributed by atoms with Crippen molar-refractivity contribution in [3.05, 3.63) is 56.0 Å². The van der Waals surface area contributed by atoms with E-state index < -0.39 is 6.04 Å². The normalized spacial score (nSPS) is 12.1. The van der Waals surface area contributed by atoms with Gasteiger partial charge in [-0.25, -0.2) is 0 Å². The highest BCUT2D eigenvalue weighted by Gasteiger charge is 2.18. The van der Waals surface area contributed by atoms with Crippen LogP contribution in [0.3, 0.4) is 0 Å². The number of hydrogen-bond acceptors (Lipinski definition) is 3. The lowest BCUT2D eigenvalue weighted by molar-refractivity contribution is 0.354. The molecule has 2 rings (SSSR count). The van der Waals surface area contributed by atoms with Crippen molar-refractivity contribution in [3.8, 4) is 11.5 Å². The lowest BCUT2D eigenvalue weighted by Gasteiger charge is -2.18. The molecule has 0 spiro atoms. The smallest absolute Gasteiger partial charge is 0.162 e. The van der Waals surface area contributed by atoms with Crippen LogP contribution in [0, 0.1) is 0 Å². The van der Waals surface area contributed by atoms with Crippen LogP contribution in [0.4, 0.5) is 0 Å². The Balaban J connectivity index is 2.50. The van der Waals surface area contributed by atoms with Crippen molar-refractivity contribution in [2.45, 2.75) is 6.04 Å². The summed E-state index contributed by atoms with van der Waals surface area (Å²) < 4.78 is 11.3. The molecular formula is C15H14BrCl2NO2. The van der Waals surface area contributed by atoms with Crippen LogP contribution in [0.25, 0.3) is 0 Å². The zero-order valence-corrected chi connectivity index (χ0v) is 14.6. The number of halogens is 3. The molecule has 2 aromatic rings. The fourth-order valence-electron chi connectivity index (χ4n) is 2.03. The summed E-state index contributed by atoms with van der Waals surface area (Å²) in [6.07, 6.45) is 0. The molecule has 0 amide bonds. The van der Waals surface area contributed by atoms with Crippen LogP contribution in [-0.4, -0.2) is 14.2 Å². The van der Waals surface area contributed by atoms with Gasteiger partial charge in [0.15, 0.2) is 11.5 Å². The number of methoxy groups -OCH3 is 2. The van der Waals surface area contributed by atoms with Crippen LogP contribution in [0.5, 0.6) is 11.5 Å². The lowest BCUT2D eigenvalue weighted by Crippen LogP contribution is -2.13. The minimum absolute atomic E-state index is 0.413. The Hall–Kier alpha value is -0.940. The van der Waals surface area contributed by atoms with Gasteiger partial charge in [0.05, 0.1) is 20.3 Å². The molecule has 21 heavy (non-hydrogen) atoms. The Kier molecular flexibility index (Phi) is 5.38. The maximum absolute atomic E-state index is 6.33. The van der Waals surface area contributed by atoms with Crippen LogP contribution in [0.2, 0.25) is 10.0 Å². The van der Waals surface area contributed by atoms with Gasteiger partial charge in [-0.15, -0.1) is 0 Å². The van der Waals surface area contributed by atoms with Crippen LogP contribution >= 0.6 is 39.1 Å². The minimum atomic E-state index is -0.413. The molecule has 0 bridgehead atoms. The minimum Gasteiger partial charge on any atom is -0.493 e. The Morgan fingerprint density at radius 1 is 1.00 bits per heavy atom. The molecule has 0 radical (unpaired) electrons. The van der Waals surface area contributed by atoms with Gasteiger partial charge in [-0.05, 0) is 29.3 Å². The topological polar surface area (TPSA) is 44.5 Å². The predicted molar refractivity (Wildman–Crippen MR) is 89.7 cm³/mol.